The van der Waals surface area contributed by atoms with Gasteiger partial charge in [0.15, 0.2) is 0 Å². The molecule has 0 aliphatic rings. The minimum absolute atomic E-state index is 1.05. The Morgan fingerprint density at radius 1 is 0.562 bits per heavy atom. The summed E-state index contributed by atoms with van der Waals surface area (Å²) in [5.74, 6) is 0. The van der Waals surface area contributed by atoms with Crippen LogP contribution in [0.3, 0.4) is 0 Å². The van der Waals surface area contributed by atoms with Gasteiger partial charge in [-0.05, 0) is 60.0 Å². The van der Waals surface area contributed by atoms with Crippen molar-refractivity contribution in [1.29, 1.82) is 0 Å². The van der Waals surface area contributed by atoms with E-state index in [2.05, 4.69) is 120 Å². The van der Waals surface area contributed by atoms with Crippen LogP contribution in [-0.4, -0.2) is 4.98 Å². The lowest BCUT2D eigenvalue weighted by molar-refractivity contribution is 1.30. The highest BCUT2D eigenvalue weighted by atomic mass is 32.1. The minimum Gasteiger partial charge on any atom is -0.310 e. The summed E-state index contributed by atoms with van der Waals surface area (Å²) in [6, 6.07) is 42.6. The molecule has 0 aliphatic carbocycles. The van der Waals surface area contributed by atoms with Crippen LogP contribution in [0.4, 0.5) is 17.1 Å². The fourth-order valence-electron chi connectivity index (χ4n) is 4.16. The van der Waals surface area contributed by atoms with E-state index in [1.165, 1.54) is 21.2 Å². The lowest BCUT2D eigenvalue weighted by Gasteiger charge is -2.27. The van der Waals surface area contributed by atoms with Gasteiger partial charge in [0.05, 0.1) is 15.9 Å². The van der Waals surface area contributed by atoms with Gasteiger partial charge in [-0.1, -0.05) is 66.7 Å². The molecule has 6 rings (SSSR count). The van der Waals surface area contributed by atoms with Crippen molar-refractivity contribution in [1.82, 2.24) is 4.98 Å². The van der Waals surface area contributed by atoms with E-state index in [1.807, 2.05) is 6.07 Å². The first-order chi connectivity index (χ1) is 15.9. The van der Waals surface area contributed by atoms with Crippen LogP contribution in [0.15, 0.2) is 121 Å². The molecule has 1 aromatic heterocycles. The van der Waals surface area contributed by atoms with E-state index in [4.69, 9.17) is 4.98 Å². The average Bonchev–Trinajstić information content (AvgIpc) is 3.30. The lowest BCUT2D eigenvalue weighted by atomic mass is 10.1. The van der Waals surface area contributed by atoms with Crippen molar-refractivity contribution < 1.29 is 0 Å². The van der Waals surface area contributed by atoms with Crippen LogP contribution in [0, 0.1) is 0 Å². The molecule has 0 spiro atoms. The zero-order valence-corrected chi connectivity index (χ0v) is 18.2. The number of fused-ring (bicyclic) bond motifs is 2. The van der Waals surface area contributed by atoms with E-state index in [1.54, 1.807) is 11.3 Å². The molecule has 0 radical (unpaired) electrons. The molecule has 0 amide bonds. The molecule has 152 valence electrons. The summed E-state index contributed by atoms with van der Waals surface area (Å²) in [5.41, 5.74) is 5.62. The Kier molecular flexibility index (Phi) is 4.67. The molecular formula is C29H20N2S. The second-order valence-electron chi connectivity index (χ2n) is 7.70. The number of thiazole rings is 1. The number of aromatic nitrogens is 1. The first kappa shape index (κ1) is 18.8. The van der Waals surface area contributed by atoms with Gasteiger partial charge in [-0.3, -0.25) is 0 Å². The van der Waals surface area contributed by atoms with Crippen molar-refractivity contribution in [3.8, 4) is 10.6 Å². The molecule has 0 atom stereocenters. The molecule has 0 saturated carbocycles. The number of nitrogens with zero attached hydrogens (tertiary/aromatic N) is 2. The van der Waals surface area contributed by atoms with Crippen LogP contribution in [0.5, 0.6) is 0 Å². The molecule has 1 heterocycles. The number of benzene rings is 5. The Morgan fingerprint density at radius 2 is 1.25 bits per heavy atom. The third kappa shape index (κ3) is 3.33. The topological polar surface area (TPSA) is 16.1 Å². The van der Waals surface area contributed by atoms with Gasteiger partial charge in [0.2, 0.25) is 0 Å². The molecule has 2 nitrogen and oxygen atoms in total. The Bertz CT molecular complexity index is 1480. The maximum Gasteiger partial charge on any atom is 0.124 e. The van der Waals surface area contributed by atoms with Crippen molar-refractivity contribution in [2.24, 2.45) is 0 Å². The molecule has 0 unspecified atom stereocenters. The third-order valence-corrected chi connectivity index (χ3v) is 6.77. The fraction of sp³-hybridized carbons (Fsp3) is 0. The molecule has 0 N–H and O–H groups in total. The van der Waals surface area contributed by atoms with Gasteiger partial charge >= 0.3 is 0 Å². The molecule has 32 heavy (non-hydrogen) atoms. The highest BCUT2D eigenvalue weighted by Crippen LogP contribution is 2.39. The first-order valence-corrected chi connectivity index (χ1v) is 11.5. The van der Waals surface area contributed by atoms with Gasteiger partial charge in [-0.2, -0.15) is 0 Å². The smallest absolute Gasteiger partial charge is 0.124 e. The molecule has 0 aliphatic heterocycles. The molecule has 0 fully saturated rings. The van der Waals surface area contributed by atoms with Crippen molar-refractivity contribution in [2.75, 3.05) is 4.90 Å². The van der Waals surface area contributed by atoms with E-state index >= 15 is 0 Å². The second kappa shape index (κ2) is 7.95. The van der Waals surface area contributed by atoms with Gasteiger partial charge in [0.25, 0.3) is 0 Å². The summed E-state index contributed by atoms with van der Waals surface area (Å²) in [6.07, 6.45) is 0. The monoisotopic (exact) mass is 428 g/mol. The van der Waals surface area contributed by atoms with Crippen LogP contribution in [0.1, 0.15) is 0 Å². The van der Waals surface area contributed by atoms with Gasteiger partial charge in [-0.15, -0.1) is 11.3 Å². The van der Waals surface area contributed by atoms with Gasteiger partial charge < -0.3 is 4.90 Å². The molecule has 3 heteroatoms. The van der Waals surface area contributed by atoms with E-state index in [9.17, 15) is 0 Å². The van der Waals surface area contributed by atoms with Crippen LogP contribution in [0.2, 0.25) is 0 Å². The quantitative estimate of drug-likeness (QED) is 0.279. The van der Waals surface area contributed by atoms with Crippen LogP contribution >= 0.6 is 11.3 Å². The summed E-state index contributed by atoms with van der Waals surface area (Å²) in [6.45, 7) is 0. The van der Waals surface area contributed by atoms with Crippen LogP contribution in [0.25, 0.3) is 31.6 Å². The standard InChI is InChI=1S/C29H20N2S/c1-2-11-23(12-3-1)31(27-15-8-10-21-9-4-5-13-25(21)27)24-19-17-22(18-20-24)29-30-26-14-6-7-16-28(26)32-29/h1-20H. The van der Waals surface area contributed by atoms with E-state index in [0.29, 0.717) is 0 Å². The number of rotatable bonds is 4. The maximum absolute atomic E-state index is 4.82. The zero-order valence-electron chi connectivity index (χ0n) is 17.3. The third-order valence-electron chi connectivity index (χ3n) is 5.69. The minimum atomic E-state index is 1.05. The van der Waals surface area contributed by atoms with Crippen molar-refractivity contribution in [3.05, 3.63) is 121 Å². The van der Waals surface area contributed by atoms with E-state index in [0.717, 1.165) is 27.5 Å². The van der Waals surface area contributed by atoms with Gasteiger partial charge in [0.1, 0.15) is 5.01 Å². The number of para-hydroxylation sites is 2. The normalized spacial score (nSPS) is 11.1. The lowest BCUT2D eigenvalue weighted by Crippen LogP contribution is -2.10. The van der Waals surface area contributed by atoms with Crippen LogP contribution < -0.4 is 4.90 Å². The average molecular weight is 429 g/mol. The fourth-order valence-corrected chi connectivity index (χ4v) is 5.13. The van der Waals surface area contributed by atoms with Crippen LogP contribution in [-0.2, 0) is 0 Å². The summed E-state index contributed by atoms with van der Waals surface area (Å²) >= 11 is 1.73. The predicted molar refractivity (Wildman–Crippen MR) is 137 cm³/mol. The predicted octanol–water partition coefficient (Wildman–Crippen LogP) is 8.59. The summed E-state index contributed by atoms with van der Waals surface area (Å²) in [5, 5.41) is 3.51. The Balaban J connectivity index is 1.47. The Hall–Kier alpha value is -3.95. The highest BCUT2D eigenvalue weighted by Gasteiger charge is 2.15. The molecule has 5 aromatic carbocycles. The molecule has 6 aromatic rings. The SMILES string of the molecule is c1ccc(N(c2ccc(-c3nc4ccccc4s3)cc2)c2cccc3ccccc23)cc1. The summed E-state index contributed by atoms with van der Waals surface area (Å²) in [7, 11) is 0. The Morgan fingerprint density at radius 3 is 2.09 bits per heavy atom. The van der Waals surface area contributed by atoms with Gasteiger partial charge in [0, 0.05) is 22.3 Å². The largest absolute Gasteiger partial charge is 0.310 e. The zero-order chi connectivity index (χ0) is 21.3. The molecule has 0 saturated heterocycles. The van der Waals surface area contributed by atoms with Gasteiger partial charge in [-0.25, -0.2) is 4.98 Å². The number of hydrogen-bond donors (Lipinski definition) is 0. The number of hydrogen-bond acceptors (Lipinski definition) is 3. The second-order valence-corrected chi connectivity index (χ2v) is 8.73. The first-order valence-electron chi connectivity index (χ1n) is 10.7. The summed E-state index contributed by atoms with van der Waals surface area (Å²) in [4.78, 5) is 7.14. The van der Waals surface area contributed by atoms with E-state index in [-0.39, 0.29) is 0 Å². The molecular weight excluding hydrogens is 408 g/mol. The van der Waals surface area contributed by atoms with Crippen molar-refractivity contribution >= 4 is 49.4 Å². The maximum atomic E-state index is 4.82. The highest BCUT2D eigenvalue weighted by molar-refractivity contribution is 7.21. The van der Waals surface area contributed by atoms with Crippen molar-refractivity contribution in [2.45, 2.75) is 0 Å². The summed E-state index contributed by atoms with van der Waals surface area (Å²) < 4.78 is 1.22. The van der Waals surface area contributed by atoms with Crippen molar-refractivity contribution in [3.63, 3.8) is 0 Å². The number of anilines is 3. The molecule has 0 bridgehead atoms. The van der Waals surface area contributed by atoms with E-state index < -0.39 is 0 Å². The Labute approximate surface area is 191 Å².